The first kappa shape index (κ1) is 13.8. The van der Waals surface area contributed by atoms with E-state index in [1.807, 2.05) is 24.6 Å². The molecule has 19 heavy (non-hydrogen) atoms. The van der Waals surface area contributed by atoms with Crippen molar-refractivity contribution in [3.63, 3.8) is 0 Å². The number of aliphatic hydroxyl groups is 1. The summed E-state index contributed by atoms with van der Waals surface area (Å²) in [5, 5.41) is 16.6. The van der Waals surface area contributed by atoms with Crippen LogP contribution in [0.4, 0.5) is 0 Å². The number of aliphatic hydroxyl groups excluding tert-OH is 1. The Bertz CT molecular complexity index is 533. The van der Waals surface area contributed by atoms with E-state index in [0.717, 1.165) is 5.56 Å². The van der Waals surface area contributed by atoms with Crippen LogP contribution in [0.15, 0.2) is 33.6 Å². The van der Waals surface area contributed by atoms with Crippen LogP contribution in [-0.4, -0.2) is 17.1 Å². The van der Waals surface area contributed by atoms with Crippen molar-refractivity contribution >= 4 is 17.2 Å². The van der Waals surface area contributed by atoms with Gasteiger partial charge in [0.2, 0.25) is 0 Å². The van der Waals surface area contributed by atoms with Crippen molar-refractivity contribution in [2.75, 3.05) is 0 Å². The van der Waals surface area contributed by atoms with Gasteiger partial charge in [-0.15, -0.1) is 0 Å². The number of nitrogens with one attached hydrogen (secondary N) is 1. The van der Waals surface area contributed by atoms with Crippen LogP contribution in [0.25, 0.3) is 0 Å². The molecule has 102 valence electrons. The molecule has 0 aromatic carbocycles. The standard InChI is InChI=1S/C14H17NO3S/c1-9-7-19-8-11(9)14(17)15-10(2)6-12(16)13-4-3-5-18-13/h3-5,7-8,10,12,16H,6H2,1-2H3,(H,15,17). The fourth-order valence-corrected chi connectivity index (χ4v) is 2.71. The highest BCUT2D eigenvalue weighted by molar-refractivity contribution is 7.08. The minimum Gasteiger partial charge on any atom is -0.467 e. The average Bonchev–Trinajstić information content (AvgIpc) is 2.98. The topological polar surface area (TPSA) is 62.5 Å². The predicted octanol–water partition coefficient (Wildman–Crippen LogP) is 2.89. The van der Waals surface area contributed by atoms with Crippen molar-refractivity contribution in [2.24, 2.45) is 0 Å². The second kappa shape index (κ2) is 6.04. The fourth-order valence-electron chi connectivity index (χ4n) is 1.89. The molecule has 2 heterocycles. The van der Waals surface area contributed by atoms with Crippen molar-refractivity contribution in [1.82, 2.24) is 5.32 Å². The van der Waals surface area contributed by atoms with E-state index in [4.69, 9.17) is 4.42 Å². The Morgan fingerprint density at radius 3 is 2.89 bits per heavy atom. The number of carbonyl (C=O) groups is 1. The largest absolute Gasteiger partial charge is 0.467 e. The quantitative estimate of drug-likeness (QED) is 0.884. The highest BCUT2D eigenvalue weighted by Crippen LogP contribution is 2.19. The third kappa shape index (κ3) is 3.45. The summed E-state index contributed by atoms with van der Waals surface area (Å²) in [5.74, 6) is 0.422. The third-order valence-corrected chi connectivity index (χ3v) is 3.79. The van der Waals surface area contributed by atoms with Gasteiger partial charge < -0.3 is 14.8 Å². The maximum Gasteiger partial charge on any atom is 0.252 e. The molecular formula is C14H17NO3S. The van der Waals surface area contributed by atoms with Crippen LogP contribution >= 0.6 is 11.3 Å². The average molecular weight is 279 g/mol. The molecule has 2 rings (SSSR count). The second-order valence-corrected chi connectivity index (χ2v) is 5.35. The maximum atomic E-state index is 12.0. The number of hydrogen-bond acceptors (Lipinski definition) is 4. The SMILES string of the molecule is Cc1cscc1C(=O)NC(C)CC(O)c1ccco1. The molecule has 2 unspecified atom stereocenters. The first-order chi connectivity index (χ1) is 9.08. The molecule has 0 spiro atoms. The van der Waals surface area contributed by atoms with Gasteiger partial charge in [-0.05, 0) is 36.9 Å². The van der Waals surface area contributed by atoms with Gasteiger partial charge in [-0.3, -0.25) is 4.79 Å². The molecule has 2 aromatic rings. The lowest BCUT2D eigenvalue weighted by Crippen LogP contribution is -2.33. The van der Waals surface area contributed by atoms with E-state index < -0.39 is 6.10 Å². The van der Waals surface area contributed by atoms with Crippen LogP contribution in [-0.2, 0) is 0 Å². The molecule has 2 atom stereocenters. The normalized spacial score (nSPS) is 14.1. The van der Waals surface area contributed by atoms with Crippen molar-refractivity contribution < 1.29 is 14.3 Å². The Balaban J connectivity index is 1.89. The first-order valence-electron chi connectivity index (χ1n) is 6.13. The number of amides is 1. The Morgan fingerprint density at radius 2 is 2.32 bits per heavy atom. The summed E-state index contributed by atoms with van der Waals surface area (Å²) in [6.07, 6.45) is 1.24. The molecule has 0 saturated carbocycles. The van der Waals surface area contributed by atoms with Crippen LogP contribution < -0.4 is 5.32 Å². The summed E-state index contributed by atoms with van der Waals surface area (Å²) in [4.78, 5) is 12.0. The van der Waals surface area contributed by atoms with E-state index in [1.54, 1.807) is 12.1 Å². The van der Waals surface area contributed by atoms with Crippen LogP contribution in [0.1, 0.15) is 41.1 Å². The summed E-state index contributed by atoms with van der Waals surface area (Å²) in [7, 11) is 0. The molecule has 5 heteroatoms. The van der Waals surface area contributed by atoms with Crippen LogP contribution in [0.3, 0.4) is 0 Å². The molecule has 0 saturated heterocycles. The highest BCUT2D eigenvalue weighted by atomic mass is 32.1. The van der Waals surface area contributed by atoms with Gasteiger partial charge in [0.1, 0.15) is 11.9 Å². The summed E-state index contributed by atoms with van der Waals surface area (Å²) in [5.41, 5.74) is 1.67. The molecule has 0 aliphatic carbocycles. The van der Waals surface area contributed by atoms with Gasteiger partial charge in [-0.2, -0.15) is 11.3 Å². The van der Waals surface area contributed by atoms with Gasteiger partial charge in [0, 0.05) is 17.8 Å². The van der Waals surface area contributed by atoms with E-state index in [0.29, 0.717) is 17.7 Å². The summed E-state index contributed by atoms with van der Waals surface area (Å²) in [6.45, 7) is 3.78. The first-order valence-corrected chi connectivity index (χ1v) is 7.07. The smallest absolute Gasteiger partial charge is 0.252 e. The molecule has 0 aliphatic heterocycles. The van der Waals surface area contributed by atoms with E-state index in [2.05, 4.69) is 5.32 Å². The molecule has 4 nitrogen and oxygen atoms in total. The van der Waals surface area contributed by atoms with Crippen LogP contribution in [0.5, 0.6) is 0 Å². The zero-order valence-corrected chi connectivity index (χ0v) is 11.7. The number of aryl methyl sites for hydroxylation is 1. The van der Waals surface area contributed by atoms with Crippen molar-refractivity contribution in [3.05, 3.63) is 46.0 Å². The van der Waals surface area contributed by atoms with Crippen molar-refractivity contribution in [3.8, 4) is 0 Å². The van der Waals surface area contributed by atoms with E-state index in [1.165, 1.54) is 17.6 Å². The molecule has 0 fully saturated rings. The Hall–Kier alpha value is -1.59. The Morgan fingerprint density at radius 1 is 1.53 bits per heavy atom. The lowest BCUT2D eigenvalue weighted by Gasteiger charge is -2.16. The number of thiophene rings is 1. The van der Waals surface area contributed by atoms with Gasteiger partial charge in [0.05, 0.1) is 11.8 Å². The molecule has 0 aliphatic rings. The predicted molar refractivity (Wildman–Crippen MR) is 74.3 cm³/mol. The molecule has 2 aromatic heterocycles. The van der Waals surface area contributed by atoms with Gasteiger partial charge in [0.25, 0.3) is 5.91 Å². The molecule has 1 amide bonds. The summed E-state index contributed by atoms with van der Waals surface area (Å²) < 4.78 is 5.13. The molecular weight excluding hydrogens is 262 g/mol. The van der Waals surface area contributed by atoms with Gasteiger partial charge in [0.15, 0.2) is 0 Å². The molecule has 0 bridgehead atoms. The fraction of sp³-hybridized carbons (Fsp3) is 0.357. The number of furan rings is 1. The maximum absolute atomic E-state index is 12.0. The van der Waals surface area contributed by atoms with Gasteiger partial charge in [-0.1, -0.05) is 0 Å². The Labute approximate surface area is 116 Å². The van der Waals surface area contributed by atoms with Crippen molar-refractivity contribution in [2.45, 2.75) is 32.4 Å². The lowest BCUT2D eigenvalue weighted by atomic mass is 10.1. The summed E-state index contributed by atoms with van der Waals surface area (Å²) >= 11 is 1.51. The highest BCUT2D eigenvalue weighted by Gasteiger charge is 2.18. The van der Waals surface area contributed by atoms with Gasteiger partial charge >= 0.3 is 0 Å². The van der Waals surface area contributed by atoms with Crippen molar-refractivity contribution in [1.29, 1.82) is 0 Å². The van der Waals surface area contributed by atoms with E-state index in [-0.39, 0.29) is 11.9 Å². The van der Waals surface area contributed by atoms with E-state index >= 15 is 0 Å². The zero-order valence-electron chi connectivity index (χ0n) is 10.9. The van der Waals surface area contributed by atoms with E-state index in [9.17, 15) is 9.90 Å². The third-order valence-electron chi connectivity index (χ3n) is 2.93. The minimum atomic E-state index is -0.700. The molecule has 2 N–H and O–H groups in total. The molecule has 0 radical (unpaired) electrons. The summed E-state index contributed by atoms with van der Waals surface area (Å²) in [6, 6.07) is 3.32. The lowest BCUT2D eigenvalue weighted by molar-refractivity contribution is 0.0903. The number of rotatable bonds is 5. The number of carbonyl (C=O) groups excluding carboxylic acids is 1. The van der Waals surface area contributed by atoms with Gasteiger partial charge in [-0.25, -0.2) is 0 Å². The number of hydrogen-bond donors (Lipinski definition) is 2. The zero-order chi connectivity index (χ0) is 13.8. The van der Waals surface area contributed by atoms with Crippen LogP contribution in [0.2, 0.25) is 0 Å². The van der Waals surface area contributed by atoms with Crippen LogP contribution in [0, 0.1) is 6.92 Å². The minimum absolute atomic E-state index is 0.0992. The monoisotopic (exact) mass is 279 g/mol. The second-order valence-electron chi connectivity index (χ2n) is 4.61. The Kier molecular flexibility index (Phi) is 4.39.